The predicted octanol–water partition coefficient (Wildman–Crippen LogP) is 0.0195. The molecule has 1 aromatic heterocycles. The summed E-state index contributed by atoms with van der Waals surface area (Å²) in [4.78, 5) is 31.3. The first-order valence-corrected chi connectivity index (χ1v) is 6.84. The second kappa shape index (κ2) is 5.57. The van der Waals surface area contributed by atoms with Crippen LogP contribution in [0.3, 0.4) is 0 Å². The largest absolute Gasteiger partial charge is 0.387 e. The highest BCUT2D eigenvalue weighted by Crippen LogP contribution is 2.39. The Bertz CT molecular complexity index is 563. The Morgan fingerprint density at radius 1 is 1.57 bits per heavy atom. The standard InChI is InChI=1S/C14H21N3O4/c1-13(2)8-17(5-4-14(13,20)9-21-3)12(19)10-6-16-11(18)7-15-10/h6-7,20H,4-5,8-9H2,1-3H3,(H,16,18)/t14-/m1/s1. The number of ether oxygens (including phenoxy) is 1. The van der Waals surface area contributed by atoms with Crippen molar-refractivity contribution in [1.82, 2.24) is 14.9 Å². The van der Waals surface area contributed by atoms with Crippen LogP contribution in [0.5, 0.6) is 0 Å². The molecular formula is C14H21N3O4. The van der Waals surface area contributed by atoms with Gasteiger partial charge in [-0.25, -0.2) is 4.98 Å². The lowest BCUT2D eigenvalue weighted by molar-refractivity contribution is -0.144. The Kier molecular flexibility index (Phi) is 4.15. The van der Waals surface area contributed by atoms with E-state index in [1.54, 1.807) is 12.0 Å². The summed E-state index contributed by atoms with van der Waals surface area (Å²) in [5.74, 6) is -0.251. The van der Waals surface area contributed by atoms with Crippen LogP contribution >= 0.6 is 0 Å². The summed E-state index contributed by atoms with van der Waals surface area (Å²) in [7, 11) is 1.55. The zero-order chi connectivity index (χ0) is 15.7. The molecular weight excluding hydrogens is 274 g/mol. The maximum Gasteiger partial charge on any atom is 0.273 e. The maximum atomic E-state index is 12.4. The molecule has 2 N–H and O–H groups in total. The molecule has 1 aliphatic heterocycles. The van der Waals surface area contributed by atoms with Gasteiger partial charge < -0.3 is 19.7 Å². The minimum absolute atomic E-state index is 0.197. The monoisotopic (exact) mass is 295 g/mol. The van der Waals surface area contributed by atoms with Gasteiger partial charge in [-0.05, 0) is 6.42 Å². The molecule has 0 radical (unpaired) electrons. The van der Waals surface area contributed by atoms with Crippen LogP contribution in [0.1, 0.15) is 30.8 Å². The van der Waals surface area contributed by atoms with E-state index in [0.29, 0.717) is 19.5 Å². The van der Waals surface area contributed by atoms with E-state index in [4.69, 9.17) is 4.74 Å². The number of nitrogens with one attached hydrogen (secondary N) is 1. The second-order valence-corrected chi connectivity index (χ2v) is 6.12. The number of aromatic nitrogens is 2. The summed E-state index contributed by atoms with van der Waals surface area (Å²) < 4.78 is 5.11. The van der Waals surface area contributed by atoms with Crippen LogP contribution in [-0.4, -0.2) is 58.3 Å². The van der Waals surface area contributed by atoms with Gasteiger partial charge in [-0.2, -0.15) is 0 Å². The number of aromatic amines is 1. The SMILES string of the molecule is COC[C@]1(O)CCN(C(=O)c2c[nH]c(=O)cn2)CC1(C)C. The summed E-state index contributed by atoms with van der Waals surface area (Å²) in [5, 5.41) is 10.7. The Balaban J connectivity index is 2.16. The normalized spacial score (nSPS) is 24.9. The minimum atomic E-state index is -0.961. The van der Waals surface area contributed by atoms with Gasteiger partial charge in [-0.3, -0.25) is 9.59 Å². The van der Waals surface area contributed by atoms with Crippen LogP contribution in [0.2, 0.25) is 0 Å². The van der Waals surface area contributed by atoms with E-state index in [-0.39, 0.29) is 23.8 Å². The molecule has 0 bridgehead atoms. The Hall–Kier alpha value is -1.73. The van der Waals surface area contributed by atoms with Gasteiger partial charge in [-0.15, -0.1) is 0 Å². The Morgan fingerprint density at radius 2 is 2.29 bits per heavy atom. The highest BCUT2D eigenvalue weighted by atomic mass is 16.5. The number of aliphatic hydroxyl groups is 1. The molecule has 7 nitrogen and oxygen atoms in total. The molecule has 0 aliphatic carbocycles. The van der Waals surface area contributed by atoms with Crippen molar-refractivity contribution in [3.8, 4) is 0 Å². The molecule has 116 valence electrons. The lowest BCUT2D eigenvalue weighted by Gasteiger charge is -2.49. The third-order valence-electron chi connectivity index (χ3n) is 4.20. The molecule has 2 rings (SSSR count). The average molecular weight is 295 g/mol. The molecule has 1 aliphatic rings. The second-order valence-electron chi connectivity index (χ2n) is 6.12. The number of nitrogens with zero attached hydrogens (tertiary/aromatic N) is 2. The lowest BCUT2D eigenvalue weighted by Crippen LogP contribution is -2.60. The predicted molar refractivity (Wildman–Crippen MR) is 76.0 cm³/mol. The number of H-pyrrole nitrogens is 1. The first kappa shape index (κ1) is 15.7. The number of rotatable bonds is 3. The van der Waals surface area contributed by atoms with Gasteiger partial charge in [-0.1, -0.05) is 13.8 Å². The Morgan fingerprint density at radius 3 is 2.81 bits per heavy atom. The van der Waals surface area contributed by atoms with Crippen LogP contribution in [0, 0.1) is 5.41 Å². The van der Waals surface area contributed by atoms with Gasteiger partial charge in [0.25, 0.3) is 11.5 Å². The number of carbonyl (C=O) groups is 1. The highest BCUT2D eigenvalue weighted by Gasteiger charge is 2.48. The highest BCUT2D eigenvalue weighted by molar-refractivity contribution is 5.92. The fourth-order valence-corrected chi connectivity index (χ4v) is 2.66. The molecule has 21 heavy (non-hydrogen) atoms. The molecule has 1 saturated heterocycles. The van der Waals surface area contributed by atoms with E-state index in [1.807, 2.05) is 13.8 Å². The topological polar surface area (TPSA) is 95.5 Å². The van der Waals surface area contributed by atoms with Crippen molar-refractivity contribution in [2.75, 3.05) is 26.8 Å². The number of carbonyl (C=O) groups excluding carboxylic acids is 1. The average Bonchev–Trinajstić information content (AvgIpc) is 2.42. The number of amides is 1. The van der Waals surface area contributed by atoms with Crippen molar-refractivity contribution in [2.24, 2.45) is 5.41 Å². The minimum Gasteiger partial charge on any atom is -0.387 e. The van der Waals surface area contributed by atoms with E-state index >= 15 is 0 Å². The zero-order valence-corrected chi connectivity index (χ0v) is 12.5. The van der Waals surface area contributed by atoms with Crippen molar-refractivity contribution >= 4 is 5.91 Å². The van der Waals surface area contributed by atoms with Crippen molar-refractivity contribution in [3.05, 3.63) is 28.4 Å². The zero-order valence-electron chi connectivity index (χ0n) is 12.5. The molecule has 0 unspecified atom stereocenters. The van der Waals surface area contributed by atoms with Crippen LogP contribution in [-0.2, 0) is 4.74 Å². The van der Waals surface area contributed by atoms with Gasteiger partial charge in [0.2, 0.25) is 0 Å². The molecule has 1 atom stereocenters. The van der Waals surface area contributed by atoms with Crippen molar-refractivity contribution in [2.45, 2.75) is 25.9 Å². The lowest BCUT2D eigenvalue weighted by atomic mass is 9.70. The number of hydrogen-bond acceptors (Lipinski definition) is 5. The van der Waals surface area contributed by atoms with Gasteiger partial charge in [0.15, 0.2) is 0 Å². The molecule has 1 aromatic rings. The van der Waals surface area contributed by atoms with E-state index in [1.165, 1.54) is 6.20 Å². The number of piperidine rings is 1. The molecule has 0 spiro atoms. The molecule has 0 aromatic carbocycles. The van der Waals surface area contributed by atoms with Crippen LogP contribution in [0.15, 0.2) is 17.2 Å². The smallest absolute Gasteiger partial charge is 0.273 e. The summed E-state index contributed by atoms with van der Waals surface area (Å²) >= 11 is 0. The van der Waals surface area contributed by atoms with E-state index < -0.39 is 11.0 Å². The summed E-state index contributed by atoms with van der Waals surface area (Å²) in [6, 6.07) is 0. The molecule has 2 heterocycles. The first-order chi connectivity index (χ1) is 9.79. The van der Waals surface area contributed by atoms with Crippen LogP contribution in [0.25, 0.3) is 0 Å². The fraction of sp³-hybridized carbons (Fsp3) is 0.643. The maximum absolute atomic E-state index is 12.4. The van der Waals surface area contributed by atoms with Gasteiger partial charge in [0.1, 0.15) is 5.69 Å². The third kappa shape index (κ3) is 2.98. The van der Waals surface area contributed by atoms with E-state index in [9.17, 15) is 14.7 Å². The quantitative estimate of drug-likeness (QED) is 0.819. The summed E-state index contributed by atoms with van der Waals surface area (Å²) in [6.07, 6.45) is 2.83. The Labute approximate surface area is 123 Å². The van der Waals surface area contributed by atoms with Crippen molar-refractivity contribution in [3.63, 3.8) is 0 Å². The number of hydrogen-bond donors (Lipinski definition) is 2. The van der Waals surface area contributed by atoms with Crippen LogP contribution < -0.4 is 5.56 Å². The van der Waals surface area contributed by atoms with E-state index in [2.05, 4.69) is 9.97 Å². The molecule has 0 saturated carbocycles. The molecule has 1 fully saturated rings. The fourth-order valence-electron chi connectivity index (χ4n) is 2.66. The third-order valence-corrected chi connectivity index (χ3v) is 4.20. The van der Waals surface area contributed by atoms with E-state index in [0.717, 1.165) is 6.20 Å². The van der Waals surface area contributed by atoms with Gasteiger partial charge in [0, 0.05) is 31.8 Å². The molecule has 1 amide bonds. The molecule has 7 heteroatoms. The van der Waals surface area contributed by atoms with Crippen molar-refractivity contribution < 1.29 is 14.6 Å². The number of likely N-dealkylation sites (tertiary alicyclic amines) is 1. The summed E-state index contributed by atoms with van der Waals surface area (Å²) in [5.41, 5.74) is -1.61. The first-order valence-electron chi connectivity index (χ1n) is 6.84. The van der Waals surface area contributed by atoms with Crippen LogP contribution in [0.4, 0.5) is 0 Å². The van der Waals surface area contributed by atoms with Crippen molar-refractivity contribution in [1.29, 1.82) is 0 Å². The van der Waals surface area contributed by atoms with Gasteiger partial charge in [0.05, 0.1) is 18.4 Å². The van der Waals surface area contributed by atoms with Gasteiger partial charge >= 0.3 is 0 Å². The summed E-state index contributed by atoms with van der Waals surface area (Å²) in [6.45, 7) is 4.87. The number of methoxy groups -OCH3 is 1.